The first kappa shape index (κ1) is 15.6. The Kier molecular flexibility index (Phi) is 4.71. The fourth-order valence-electron chi connectivity index (χ4n) is 1.63. The number of nitrogens with two attached hydrogens (primary N) is 1. The number of benzene rings is 1. The number of primary sulfonamides is 1. The van der Waals surface area contributed by atoms with E-state index < -0.39 is 10.0 Å². The lowest BCUT2D eigenvalue weighted by Crippen LogP contribution is -2.23. The number of halogens is 1. The third-order valence-corrected chi connectivity index (χ3v) is 4.27. The topological polar surface area (TPSA) is 102 Å². The van der Waals surface area contributed by atoms with Crippen LogP contribution in [0.25, 0.3) is 0 Å². The zero-order valence-electron chi connectivity index (χ0n) is 10.8. The SMILES string of the molecule is NS(=O)(=O)c1ccc(CNC(=O)c2cccnc2Br)cc1. The molecule has 1 amide bonds. The summed E-state index contributed by atoms with van der Waals surface area (Å²) < 4.78 is 22.7. The van der Waals surface area contributed by atoms with Crippen molar-refractivity contribution >= 4 is 31.9 Å². The summed E-state index contributed by atoms with van der Waals surface area (Å²) in [5, 5.41) is 7.74. The molecule has 6 nitrogen and oxygen atoms in total. The quantitative estimate of drug-likeness (QED) is 0.795. The van der Waals surface area contributed by atoms with Gasteiger partial charge in [-0.1, -0.05) is 12.1 Å². The van der Waals surface area contributed by atoms with E-state index in [1.54, 1.807) is 30.5 Å². The summed E-state index contributed by atoms with van der Waals surface area (Å²) in [6, 6.07) is 9.31. The molecule has 2 rings (SSSR count). The molecule has 1 heterocycles. The molecule has 1 aromatic carbocycles. The minimum Gasteiger partial charge on any atom is -0.348 e. The Morgan fingerprint density at radius 2 is 1.90 bits per heavy atom. The van der Waals surface area contributed by atoms with Crippen LogP contribution >= 0.6 is 15.9 Å². The van der Waals surface area contributed by atoms with Crippen molar-refractivity contribution in [3.63, 3.8) is 0 Å². The number of nitrogens with one attached hydrogen (secondary N) is 1. The molecular weight excluding hydrogens is 358 g/mol. The van der Waals surface area contributed by atoms with Crippen LogP contribution in [0, 0.1) is 0 Å². The third kappa shape index (κ3) is 4.10. The standard InChI is InChI=1S/C13H12BrN3O3S/c14-12-11(2-1-7-16-12)13(18)17-8-9-3-5-10(6-4-9)21(15,19)20/h1-7H,8H2,(H,17,18)(H2,15,19,20). The van der Waals surface area contributed by atoms with Crippen molar-refractivity contribution in [2.45, 2.75) is 11.4 Å². The van der Waals surface area contributed by atoms with Crippen LogP contribution in [-0.2, 0) is 16.6 Å². The van der Waals surface area contributed by atoms with Gasteiger partial charge < -0.3 is 5.32 Å². The molecule has 0 aliphatic rings. The Bertz CT molecular complexity index is 760. The summed E-state index contributed by atoms with van der Waals surface area (Å²) in [6.07, 6.45) is 1.58. The molecule has 0 unspecified atom stereocenters. The number of carbonyl (C=O) groups is 1. The van der Waals surface area contributed by atoms with Gasteiger partial charge in [0, 0.05) is 12.7 Å². The first-order chi connectivity index (χ1) is 9.88. The highest BCUT2D eigenvalue weighted by Gasteiger charge is 2.10. The van der Waals surface area contributed by atoms with E-state index in [1.807, 2.05) is 0 Å². The average molecular weight is 370 g/mol. The van der Waals surface area contributed by atoms with Crippen LogP contribution < -0.4 is 10.5 Å². The number of carbonyl (C=O) groups excluding carboxylic acids is 1. The number of pyridine rings is 1. The van der Waals surface area contributed by atoms with E-state index in [4.69, 9.17) is 5.14 Å². The van der Waals surface area contributed by atoms with Crippen LogP contribution in [0.3, 0.4) is 0 Å². The summed E-state index contributed by atoms with van der Waals surface area (Å²) in [5.41, 5.74) is 1.19. The predicted molar refractivity (Wildman–Crippen MR) is 80.9 cm³/mol. The van der Waals surface area contributed by atoms with Crippen molar-refractivity contribution in [1.29, 1.82) is 0 Å². The van der Waals surface area contributed by atoms with Gasteiger partial charge in [0.1, 0.15) is 4.60 Å². The second-order valence-corrected chi connectivity index (χ2v) is 6.53. The molecule has 0 spiro atoms. The smallest absolute Gasteiger partial charge is 0.254 e. The maximum atomic E-state index is 12.0. The Morgan fingerprint density at radius 3 is 2.48 bits per heavy atom. The molecule has 0 saturated heterocycles. The fraction of sp³-hybridized carbons (Fsp3) is 0.0769. The first-order valence-electron chi connectivity index (χ1n) is 5.88. The van der Waals surface area contributed by atoms with Gasteiger partial charge in [0.15, 0.2) is 0 Å². The highest BCUT2D eigenvalue weighted by Crippen LogP contribution is 2.13. The fourth-order valence-corrected chi connectivity index (χ4v) is 2.58. The number of rotatable bonds is 4. The highest BCUT2D eigenvalue weighted by molar-refractivity contribution is 9.10. The van der Waals surface area contributed by atoms with Crippen molar-refractivity contribution in [3.05, 3.63) is 58.3 Å². The minimum absolute atomic E-state index is 0.0348. The molecule has 2 aromatic rings. The van der Waals surface area contributed by atoms with Crippen molar-refractivity contribution in [2.24, 2.45) is 5.14 Å². The molecule has 0 fully saturated rings. The number of aromatic nitrogens is 1. The number of sulfonamides is 1. The number of amides is 1. The van der Waals surface area contributed by atoms with E-state index in [-0.39, 0.29) is 17.3 Å². The van der Waals surface area contributed by atoms with Crippen molar-refractivity contribution < 1.29 is 13.2 Å². The Labute approximate surface area is 130 Å². The molecule has 1 aromatic heterocycles. The monoisotopic (exact) mass is 369 g/mol. The summed E-state index contributed by atoms with van der Waals surface area (Å²) in [4.78, 5) is 16.0. The minimum atomic E-state index is -3.70. The zero-order valence-corrected chi connectivity index (χ0v) is 13.2. The second kappa shape index (κ2) is 6.33. The van der Waals surface area contributed by atoms with Gasteiger partial charge >= 0.3 is 0 Å². The van der Waals surface area contributed by atoms with Gasteiger partial charge in [0.05, 0.1) is 10.5 Å². The molecule has 0 saturated carbocycles. The molecule has 3 N–H and O–H groups in total. The molecular formula is C13H12BrN3O3S. The maximum absolute atomic E-state index is 12.0. The van der Waals surface area contributed by atoms with Crippen LogP contribution in [0.1, 0.15) is 15.9 Å². The van der Waals surface area contributed by atoms with E-state index in [0.29, 0.717) is 10.2 Å². The van der Waals surface area contributed by atoms with Crippen LogP contribution in [0.5, 0.6) is 0 Å². The van der Waals surface area contributed by atoms with Crippen LogP contribution in [0.2, 0.25) is 0 Å². The summed E-state index contributed by atoms with van der Waals surface area (Å²) in [7, 11) is -3.70. The summed E-state index contributed by atoms with van der Waals surface area (Å²) >= 11 is 3.20. The van der Waals surface area contributed by atoms with Crippen molar-refractivity contribution in [1.82, 2.24) is 10.3 Å². The molecule has 0 bridgehead atoms. The maximum Gasteiger partial charge on any atom is 0.254 e. The summed E-state index contributed by atoms with van der Waals surface area (Å²) in [6.45, 7) is 0.269. The number of nitrogens with zero attached hydrogens (tertiary/aromatic N) is 1. The van der Waals surface area contributed by atoms with Gasteiger partial charge in [-0.3, -0.25) is 4.79 Å². The number of hydrogen-bond acceptors (Lipinski definition) is 4. The van der Waals surface area contributed by atoms with Gasteiger partial charge in [-0.2, -0.15) is 0 Å². The van der Waals surface area contributed by atoms with E-state index in [1.165, 1.54) is 12.1 Å². The van der Waals surface area contributed by atoms with E-state index in [0.717, 1.165) is 5.56 Å². The lowest BCUT2D eigenvalue weighted by atomic mass is 10.2. The molecule has 21 heavy (non-hydrogen) atoms. The highest BCUT2D eigenvalue weighted by atomic mass is 79.9. The largest absolute Gasteiger partial charge is 0.348 e. The molecule has 0 aliphatic carbocycles. The van der Waals surface area contributed by atoms with Crippen LogP contribution in [-0.4, -0.2) is 19.3 Å². The Balaban J connectivity index is 2.04. The third-order valence-electron chi connectivity index (χ3n) is 2.71. The van der Waals surface area contributed by atoms with Gasteiger partial charge in [-0.25, -0.2) is 18.5 Å². The molecule has 0 radical (unpaired) electrons. The average Bonchev–Trinajstić information content (AvgIpc) is 2.45. The second-order valence-electron chi connectivity index (χ2n) is 4.21. The Morgan fingerprint density at radius 1 is 1.24 bits per heavy atom. The van der Waals surface area contributed by atoms with E-state index in [9.17, 15) is 13.2 Å². The molecule has 110 valence electrons. The van der Waals surface area contributed by atoms with Crippen molar-refractivity contribution in [2.75, 3.05) is 0 Å². The zero-order chi connectivity index (χ0) is 15.5. The van der Waals surface area contributed by atoms with E-state index >= 15 is 0 Å². The summed E-state index contributed by atoms with van der Waals surface area (Å²) in [5.74, 6) is -0.273. The number of hydrogen-bond donors (Lipinski definition) is 2. The van der Waals surface area contributed by atoms with Gasteiger partial charge in [0.2, 0.25) is 10.0 Å². The van der Waals surface area contributed by atoms with E-state index in [2.05, 4.69) is 26.2 Å². The van der Waals surface area contributed by atoms with Gasteiger partial charge in [-0.15, -0.1) is 0 Å². The lowest BCUT2D eigenvalue weighted by molar-refractivity contribution is 0.0949. The van der Waals surface area contributed by atoms with Crippen LogP contribution in [0.15, 0.2) is 52.1 Å². The first-order valence-corrected chi connectivity index (χ1v) is 8.22. The molecule has 0 atom stereocenters. The van der Waals surface area contributed by atoms with Gasteiger partial charge in [0.25, 0.3) is 5.91 Å². The van der Waals surface area contributed by atoms with Crippen molar-refractivity contribution in [3.8, 4) is 0 Å². The molecule has 8 heteroatoms. The Hall–Kier alpha value is -1.77. The predicted octanol–water partition coefficient (Wildman–Crippen LogP) is 1.42. The lowest BCUT2D eigenvalue weighted by Gasteiger charge is -2.07. The normalized spacial score (nSPS) is 11.1. The van der Waals surface area contributed by atoms with Gasteiger partial charge in [-0.05, 0) is 45.8 Å². The van der Waals surface area contributed by atoms with Crippen LogP contribution in [0.4, 0.5) is 0 Å². The molecule has 0 aliphatic heterocycles.